The fourth-order valence-corrected chi connectivity index (χ4v) is 1.94. The number of nitrogens with zero attached hydrogens (tertiary/aromatic N) is 1. The van der Waals surface area contributed by atoms with Gasteiger partial charge >= 0.3 is 0 Å². The van der Waals surface area contributed by atoms with Gasteiger partial charge in [-0.15, -0.1) is 11.8 Å². The van der Waals surface area contributed by atoms with Crippen molar-refractivity contribution in [2.75, 3.05) is 18.0 Å². The number of halogens is 2. The molecule has 0 aliphatic rings. The molecule has 4 nitrogen and oxygen atoms in total. The van der Waals surface area contributed by atoms with Gasteiger partial charge in [0.25, 0.3) is 0 Å². The van der Waals surface area contributed by atoms with Crippen molar-refractivity contribution in [2.24, 2.45) is 0 Å². The number of rotatable bonds is 5. The molecule has 0 saturated carbocycles. The van der Waals surface area contributed by atoms with Crippen molar-refractivity contribution in [3.63, 3.8) is 0 Å². The molecule has 0 aliphatic heterocycles. The largest absolute Gasteiger partial charge is 0.399 e. The summed E-state index contributed by atoms with van der Waals surface area (Å²) in [5.41, 5.74) is 5.26. The Morgan fingerprint density at radius 3 is 2.61 bits per heavy atom. The molecule has 0 atom stereocenters. The Labute approximate surface area is 107 Å². The molecule has 0 fully saturated rings. The second-order valence-electron chi connectivity index (χ2n) is 3.36. The molecule has 7 heteroatoms. The van der Waals surface area contributed by atoms with Crippen molar-refractivity contribution < 1.29 is 13.6 Å². The number of thioether (sulfide) groups is 1. The van der Waals surface area contributed by atoms with Crippen molar-refractivity contribution >= 4 is 23.4 Å². The topological polar surface area (TPSA) is 78.9 Å². The Hall–Kier alpha value is -1.81. The monoisotopic (exact) mass is 271 g/mol. The second-order valence-corrected chi connectivity index (χ2v) is 4.35. The summed E-state index contributed by atoms with van der Waals surface area (Å²) < 4.78 is 26.7. The second kappa shape index (κ2) is 6.81. The SMILES string of the molecule is N#CCCNC(=O)CSc1c(F)cc(N)cc1F. The summed E-state index contributed by atoms with van der Waals surface area (Å²) in [5.74, 6) is -2.08. The molecule has 1 aromatic carbocycles. The van der Waals surface area contributed by atoms with Crippen LogP contribution in [0.1, 0.15) is 6.42 Å². The molecule has 1 rings (SSSR count). The van der Waals surface area contributed by atoms with Gasteiger partial charge in [0, 0.05) is 12.2 Å². The van der Waals surface area contributed by atoms with E-state index in [0.29, 0.717) is 0 Å². The number of anilines is 1. The highest BCUT2D eigenvalue weighted by molar-refractivity contribution is 8.00. The number of nitrogens with one attached hydrogen (secondary N) is 1. The summed E-state index contributed by atoms with van der Waals surface area (Å²) >= 11 is 0.748. The zero-order chi connectivity index (χ0) is 13.5. The molecule has 18 heavy (non-hydrogen) atoms. The lowest BCUT2D eigenvalue weighted by Gasteiger charge is -2.06. The van der Waals surface area contributed by atoms with E-state index in [9.17, 15) is 13.6 Å². The Morgan fingerprint density at radius 2 is 2.06 bits per heavy atom. The maximum Gasteiger partial charge on any atom is 0.230 e. The Bertz CT molecular complexity index is 465. The predicted octanol–water partition coefficient (Wildman–Crippen LogP) is 1.67. The average Bonchev–Trinajstić information content (AvgIpc) is 2.27. The molecule has 96 valence electrons. The quantitative estimate of drug-likeness (QED) is 0.485. The third kappa shape index (κ3) is 4.22. The summed E-state index contributed by atoms with van der Waals surface area (Å²) in [7, 11) is 0. The number of amides is 1. The van der Waals surface area contributed by atoms with Crippen LogP contribution in [-0.2, 0) is 4.79 Å². The first-order valence-corrected chi connectivity index (χ1v) is 6.04. The van der Waals surface area contributed by atoms with Crippen LogP contribution < -0.4 is 11.1 Å². The summed E-state index contributed by atoms with van der Waals surface area (Å²) in [4.78, 5) is 11.0. The maximum absolute atomic E-state index is 13.4. The van der Waals surface area contributed by atoms with Gasteiger partial charge in [-0.05, 0) is 12.1 Å². The smallest absolute Gasteiger partial charge is 0.230 e. The average molecular weight is 271 g/mol. The molecule has 0 spiro atoms. The maximum atomic E-state index is 13.4. The summed E-state index contributed by atoms with van der Waals surface area (Å²) in [5, 5.41) is 10.7. The van der Waals surface area contributed by atoms with E-state index in [-0.39, 0.29) is 35.2 Å². The first-order chi connectivity index (χ1) is 8.54. The zero-order valence-electron chi connectivity index (χ0n) is 9.37. The lowest BCUT2D eigenvalue weighted by molar-refractivity contribution is -0.118. The number of carbonyl (C=O) groups is 1. The number of nitrogen functional groups attached to an aromatic ring is 1. The number of carbonyl (C=O) groups excluding carboxylic acids is 1. The van der Waals surface area contributed by atoms with Crippen LogP contribution in [0.3, 0.4) is 0 Å². The number of nitrogens with two attached hydrogens (primary N) is 1. The standard InChI is InChI=1S/C11H11F2N3OS/c12-8-4-7(15)5-9(13)11(8)18-6-10(17)16-3-1-2-14/h4-5H,1,3,6,15H2,(H,16,17). The molecule has 1 amide bonds. The minimum Gasteiger partial charge on any atom is -0.399 e. The van der Waals surface area contributed by atoms with Gasteiger partial charge in [-0.2, -0.15) is 5.26 Å². The summed E-state index contributed by atoms with van der Waals surface area (Å²) in [6.45, 7) is 0.225. The molecule has 0 unspecified atom stereocenters. The molecule has 1 aromatic rings. The third-order valence-electron chi connectivity index (χ3n) is 1.93. The number of hydrogen-bond donors (Lipinski definition) is 2. The van der Waals surface area contributed by atoms with Gasteiger partial charge in [-0.1, -0.05) is 0 Å². The van der Waals surface area contributed by atoms with E-state index in [1.807, 2.05) is 6.07 Å². The molecular formula is C11H11F2N3OS. The highest BCUT2D eigenvalue weighted by atomic mass is 32.2. The zero-order valence-corrected chi connectivity index (χ0v) is 10.2. The molecular weight excluding hydrogens is 260 g/mol. The molecule has 3 N–H and O–H groups in total. The Morgan fingerprint density at radius 1 is 1.44 bits per heavy atom. The van der Waals surface area contributed by atoms with E-state index in [2.05, 4.69) is 5.32 Å². The highest BCUT2D eigenvalue weighted by Gasteiger charge is 2.12. The van der Waals surface area contributed by atoms with Crippen LogP contribution in [-0.4, -0.2) is 18.2 Å². The van der Waals surface area contributed by atoms with E-state index in [1.54, 1.807) is 0 Å². The molecule has 0 heterocycles. The van der Waals surface area contributed by atoms with E-state index in [4.69, 9.17) is 11.0 Å². The van der Waals surface area contributed by atoms with Crippen molar-refractivity contribution in [2.45, 2.75) is 11.3 Å². The van der Waals surface area contributed by atoms with Crippen LogP contribution in [0.2, 0.25) is 0 Å². The third-order valence-corrected chi connectivity index (χ3v) is 3.01. The first kappa shape index (κ1) is 14.3. The van der Waals surface area contributed by atoms with Crippen molar-refractivity contribution in [1.82, 2.24) is 5.32 Å². The van der Waals surface area contributed by atoms with Crippen LogP contribution in [0.4, 0.5) is 14.5 Å². The fraction of sp³-hybridized carbons (Fsp3) is 0.273. The van der Waals surface area contributed by atoms with E-state index < -0.39 is 11.6 Å². The minimum absolute atomic E-state index is 0.00665. The van der Waals surface area contributed by atoms with Gasteiger partial charge in [-0.25, -0.2) is 8.78 Å². The highest BCUT2D eigenvalue weighted by Crippen LogP contribution is 2.26. The lowest BCUT2D eigenvalue weighted by Crippen LogP contribution is -2.25. The summed E-state index contributed by atoms with van der Waals surface area (Å²) in [6.07, 6.45) is 0.195. The van der Waals surface area contributed by atoms with Gasteiger partial charge in [-0.3, -0.25) is 4.79 Å². The van der Waals surface area contributed by atoms with Crippen LogP contribution >= 0.6 is 11.8 Å². The first-order valence-electron chi connectivity index (χ1n) is 5.05. The summed E-state index contributed by atoms with van der Waals surface area (Å²) in [6, 6.07) is 3.86. The Balaban J connectivity index is 2.54. The van der Waals surface area contributed by atoms with Gasteiger partial charge in [0.2, 0.25) is 5.91 Å². The van der Waals surface area contributed by atoms with Crippen molar-refractivity contribution in [1.29, 1.82) is 5.26 Å². The van der Waals surface area contributed by atoms with Gasteiger partial charge in [0.05, 0.1) is 23.1 Å². The van der Waals surface area contributed by atoms with Crippen LogP contribution in [0.15, 0.2) is 17.0 Å². The molecule has 0 aliphatic carbocycles. The van der Waals surface area contributed by atoms with Crippen molar-refractivity contribution in [3.8, 4) is 6.07 Å². The van der Waals surface area contributed by atoms with Crippen molar-refractivity contribution in [3.05, 3.63) is 23.8 Å². The molecule has 0 aromatic heterocycles. The van der Waals surface area contributed by atoms with E-state index in [1.165, 1.54) is 0 Å². The number of hydrogen-bond acceptors (Lipinski definition) is 4. The van der Waals surface area contributed by atoms with Crippen LogP contribution in [0.25, 0.3) is 0 Å². The van der Waals surface area contributed by atoms with Gasteiger partial charge in [0.15, 0.2) is 0 Å². The number of nitriles is 1. The molecule has 0 bridgehead atoms. The molecule has 0 radical (unpaired) electrons. The van der Waals surface area contributed by atoms with Crippen LogP contribution in [0.5, 0.6) is 0 Å². The predicted molar refractivity (Wildman–Crippen MR) is 64.7 cm³/mol. The Kier molecular flexibility index (Phi) is 5.39. The van der Waals surface area contributed by atoms with Gasteiger partial charge in [0.1, 0.15) is 11.6 Å². The fourth-order valence-electron chi connectivity index (χ4n) is 1.16. The van der Waals surface area contributed by atoms with E-state index >= 15 is 0 Å². The van der Waals surface area contributed by atoms with E-state index in [0.717, 1.165) is 23.9 Å². The van der Waals surface area contributed by atoms with Gasteiger partial charge < -0.3 is 11.1 Å². The normalized spacial score (nSPS) is 9.83. The molecule has 0 saturated heterocycles. The van der Waals surface area contributed by atoms with Crippen LogP contribution in [0, 0.1) is 23.0 Å². The lowest BCUT2D eigenvalue weighted by atomic mass is 10.3. The number of benzene rings is 1. The minimum atomic E-state index is -0.790.